The van der Waals surface area contributed by atoms with Crippen LogP contribution in [0.15, 0.2) is 71.6 Å². The van der Waals surface area contributed by atoms with Crippen LogP contribution in [-0.2, 0) is 25.8 Å². The van der Waals surface area contributed by atoms with E-state index in [2.05, 4.69) is 9.44 Å². The number of rotatable bonds is 10. The van der Waals surface area contributed by atoms with E-state index in [1.54, 1.807) is 6.07 Å². The molecule has 0 radical (unpaired) electrons. The molecule has 0 fully saturated rings. The van der Waals surface area contributed by atoms with E-state index in [1.165, 1.54) is 74.9 Å². The average molecular weight is 508 g/mol. The second kappa shape index (κ2) is 9.97. The van der Waals surface area contributed by atoms with Gasteiger partial charge in [0.2, 0.25) is 10.0 Å². The number of nitro benzene ring substituents is 1. The van der Waals surface area contributed by atoms with Crippen LogP contribution in [0.1, 0.15) is 5.56 Å². The molecule has 0 bridgehead atoms. The lowest BCUT2D eigenvalue weighted by atomic mass is 10.2. The van der Waals surface area contributed by atoms with E-state index in [9.17, 15) is 26.9 Å². The molecule has 0 spiro atoms. The molecular weight excluding hydrogens is 486 g/mol. The predicted octanol–water partition coefficient (Wildman–Crippen LogP) is 3.35. The summed E-state index contributed by atoms with van der Waals surface area (Å²) in [6.45, 7) is 0. The Morgan fingerprint density at radius 3 is 2.21 bits per heavy atom. The highest BCUT2D eigenvalue weighted by Gasteiger charge is 2.19. The topological polar surface area (TPSA) is 154 Å². The van der Waals surface area contributed by atoms with E-state index in [0.29, 0.717) is 5.75 Å². The molecule has 13 heteroatoms. The molecule has 0 saturated carbocycles. The summed E-state index contributed by atoms with van der Waals surface area (Å²) in [6, 6.07) is 15.0. The Morgan fingerprint density at radius 1 is 0.882 bits per heavy atom. The summed E-state index contributed by atoms with van der Waals surface area (Å²) in [5.41, 5.74) is 0.346. The van der Waals surface area contributed by atoms with Crippen molar-refractivity contribution in [2.75, 3.05) is 23.7 Å². The molecule has 0 amide bonds. The minimum atomic E-state index is -4.00. The van der Waals surface area contributed by atoms with Gasteiger partial charge >= 0.3 is 0 Å². The third kappa shape index (κ3) is 6.14. The lowest BCUT2D eigenvalue weighted by Gasteiger charge is -2.13. The quantitative estimate of drug-likeness (QED) is 0.313. The molecule has 34 heavy (non-hydrogen) atoms. The number of sulfonamides is 2. The van der Waals surface area contributed by atoms with Crippen LogP contribution in [0, 0.1) is 10.1 Å². The van der Waals surface area contributed by atoms with Gasteiger partial charge in [0.15, 0.2) is 0 Å². The minimum Gasteiger partial charge on any atom is -0.497 e. The monoisotopic (exact) mass is 507 g/mol. The Morgan fingerprint density at radius 2 is 1.59 bits per heavy atom. The van der Waals surface area contributed by atoms with Crippen molar-refractivity contribution in [2.24, 2.45) is 0 Å². The lowest BCUT2D eigenvalue weighted by molar-refractivity contribution is -0.384. The van der Waals surface area contributed by atoms with Crippen molar-refractivity contribution in [3.05, 3.63) is 82.4 Å². The third-order valence-electron chi connectivity index (χ3n) is 4.57. The maximum absolute atomic E-state index is 12.8. The third-order valence-corrected chi connectivity index (χ3v) is 7.21. The van der Waals surface area contributed by atoms with Gasteiger partial charge in [-0.2, -0.15) is 0 Å². The summed E-state index contributed by atoms with van der Waals surface area (Å²) in [6.07, 6.45) is 0. The van der Waals surface area contributed by atoms with Crippen LogP contribution in [0.4, 0.5) is 17.1 Å². The molecule has 11 nitrogen and oxygen atoms in total. The SMILES string of the molecule is COc1ccc(NS(=O)(=O)c2ccc(NS(=O)(=O)Cc3cccc([N+](=O)[O-])c3)cc2)c(OC)c1. The van der Waals surface area contributed by atoms with E-state index in [0.717, 1.165) is 0 Å². The van der Waals surface area contributed by atoms with Crippen molar-refractivity contribution < 1.29 is 31.2 Å². The molecule has 0 aliphatic heterocycles. The fraction of sp³-hybridized carbons (Fsp3) is 0.143. The normalized spacial score (nSPS) is 11.5. The van der Waals surface area contributed by atoms with Crippen LogP contribution in [-0.4, -0.2) is 36.0 Å². The summed E-state index contributed by atoms with van der Waals surface area (Å²) in [5, 5.41) is 10.9. The second-order valence-corrected chi connectivity index (χ2v) is 10.4. The molecule has 0 saturated heterocycles. The van der Waals surface area contributed by atoms with Gasteiger partial charge in [-0.15, -0.1) is 0 Å². The van der Waals surface area contributed by atoms with Crippen LogP contribution >= 0.6 is 0 Å². The number of hydrogen-bond donors (Lipinski definition) is 2. The largest absolute Gasteiger partial charge is 0.497 e. The Labute approximate surface area is 196 Å². The highest BCUT2D eigenvalue weighted by Crippen LogP contribution is 2.31. The molecule has 0 atom stereocenters. The number of benzene rings is 3. The van der Waals surface area contributed by atoms with Crippen molar-refractivity contribution in [2.45, 2.75) is 10.6 Å². The molecule has 0 aliphatic rings. The molecule has 3 rings (SSSR count). The fourth-order valence-electron chi connectivity index (χ4n) is 2.98. The first-order chi connectivity index (χ1) is 16.0. The molecule has 3 aromatic rings. The first-order valence-electron chi connectivity index (χ1n) is 9.62. The second-order valence-electron chi connectivity index (χ2n) is 6.98. The van der Waals surface area contributed by atoms with Gasteiger partial charge in [0.05, 0.1) is 35.5 Å². The van der Waals surface area contributed by atoms with E-state index in [-0.39, 0.29) is 33.3 Å². The van der Waals surface area contributed by atoms with Gasteiger partial charge in [-0.25, -0.2) is 16.8 Å². The average Bonchev–Trinajstić information content (AvgIpc) is 2.79. The molecule has 0 aromatic heterocycles. The number of hydrogen-bond acceptors (Lipinski definition) is 8. The van der Waals surface area contributed by atoms with Gasteiger partial charge in [-0.05, 0) is 42.0 Å². The number of ether oxygens (including phenoxy) is 2. The van der Waals surface area contributed by atoms with Gasteiger partial charge in [-0.3, -0.25) is 19.6 Å². The van der Waals surface area contributed by atoms with Gasteiger partial charge in [-0.1, -0.05) is 12.1 Å². The van der Waals surface area contributed by atoms with Crippen molar-refractivity contribution in [1.82, 2.24) is 0 Å². The Balaban J connectivity index is 1.74. The summed E-state index contributed by atoms with van der Waals surface area (Å²) in [5.74, 6) is 0.253. The van der Waals surface area contributed by atoms with Crippen LogP contribution in [0.2, 0.25) is 0 Å². The Bertz CT molecular complexity index is 1410. The van der Waals surface area contributed by atoms with Crippen LogP contribution in [0.25, 0.3) is 0 Å². The molecule has 180 valence electrons. The zero-order valence-electron chi connectivity index (χ0n) is 18.1. The minimum absolute atomic E-state index is 0.105. The van der Waals surface area contributed by atoms with E-state index in [1.807, 2.05) is 0 Å². The number of non-ortho nitro benzene ring substituents is 1. The van der Waals surface area contributed by atoms with Crippen molar-refractivity contribution >= 4 is 37.1 Å². The summed E-state index contributed by atoms with van der Waals surface area (Å²) >= 11 is 0. The highest BCUT2D eigenvalue weighted by atomic mass is 32.2. The van der Waals surface area contributed by atoms with E-state index in [4.69, 9.17) is 9.47 Å². The Hall–Kier alpha value is -3.84. The standard InChI is InChI=1S/C21H21N3O8S2/c1-31-18-8-11-20(21(13-18)32-2)23-34(29,30)19-9-6-16(7-10-19)22-33(27,28)14-15-4-3-5-17(12-15)24(25)26/h3-13,22-23H,14H2,1-2H3. The fourth-order valence-corrected chi connectivity index (χ4v) is 5.24. The summed E-state index contributed by atoms with van der Waals surface area (Å²) < 4.78 is 65.5. The van der Waals surface area contributed by atoms with Crippen LogP contribution in [0.5, 0.6) is 11.5 Å². The summed E-state index contributed by atoms with van der Waals surface area (Å²) in [4.78, 5) is 10.2. The number of methoxy groups -OCH3 is 2. The highest BCUT2D eigenvalue weighted by molar-refractivity contribution is 7.92. The van der Waals surface area contributed by atoms with Crippen LogP contribution < -0.4 is 18.9 Å². The molecule has 0 aliphatic carbocycles. The van der Waals surface area contributed by atoms with Gasteiger partial charge < -0.3 is 9.47 Å². The number of nitro groups is 1. The van der Waals surface area contributed by atoms with E-state index >= 15 is 0 Å². The van der Waals surface area contributed by atoms with E-state index < -0.39 is 30.7 Å². The van der Waals surface area contributed by atoms with Gasteiger partial charge in [0.1, 0.15) is 11.5 Å². The molecule has 0 unspecified atom stereocenters. The molecule has 3 aromatic carbocycles. The van der Waals surface area contributed by atoms with Crippen LogP contribution in [0.3, 0.4) is 0 Å². The molecule has 0 heterocycles. The van der Waals surface area contributed by atoms with Crippen molar-refractivity contribution in [3.8, 4) is 11.5 Å². The summed E-state index contributed by atoms with van der Waals surface area (Å²) in [7, 11) is -5.05. The number of anilines is 2. The molecular formula is C21H21N3O8S2. The maximum atomic E-state index is 12.8. The first kappa shape index (κ1) is 24.8. The van der Waals surface area contributed by atoms with Crippen molar-refractivity contribution in [1.29, 1.82) is 0 Å². The first-order valence-corrected chi connectivity index (χ1v) is 12.8. The van der Waals surface area contributed by atoms with Crippen molar-refractivity contribution in [3.63, 3.8) is 0 Å². The Kier molecular flexibility index (Phi) is 7.27. The number of nitrogens with one attached hydrogen (secondary N) is 2. The predicted molar refractivity (Wildman–Crippen MR) is 126 cm³/mol. The van der Waals surface area contributed by atoms with Gasteiger partial charge in [0.25, 0.3) is 15.7 Å². The lowest BCUT2D eigenvalue weighted by Crippen LogP contribution is -2.16. The smallest absolute Gasteiger partial charge is 0.269 e. The van der Waals surface area contributed by atoms with Gasteiger partial charge in [0, 0.05) is 23.9 Å². The maximum Gasteiger partial charge on any atom is 0.269 e. The molecule has 2 N–H and O–H groups in total. The number of nitrogens with zero attached hydrogens (tertiary/aromatic N) is 1. The zero-order chi connectivity index (χ0) is 24.9. The zero-order valence-corrected chi connectivity index (χ0v) is 19.7.